The number of halogens is 1. The van der Waals surface area contributed by atoms with E-state index in [9.17, 15) is 0 Å². The Morgan fingerprint density at radius 2 is 1.82 bits per heavy atom. The van der Waals surface area contributed by atoms with Crippen LogP contribution >= 0.6 is 15.9 Å². The second-order valence-electron chi connectivity index (χ2n) is 3.64. The highest BCUT2D eigenvalue weighted by Crippen LogP contribution is 2.22. The molecule has 88 valence electrons. The first-order valence-electron chi connectivity index (χ1n) is 5.11. The number of aromatic hydroxyl groups is 1. The van der Waals surface area contributed by atoms with Gasteiger partial charge in [0.05, 0.1) is 0 Å². The Labute approximate surface area is 108 Å². The van der Waals surface area contributed by atoms with Crippen molar-refractivity contribution in [2.24, 2.45) is 0 Å². The third kappa shape index (κ3) is 3.14. The maximum absolute atomic E-state index is 9.13. The van der Waals surface area contributed by atoms with Crippen LogP contribution in [-0.2, 0) is 6.61 Å². The molecule has 0 saturated carbocycles. The zero-order valence-electron chi connectivity index (χ0n) is 9.06. The van der Waals surface area contributed by atoms with Crippen molar-refractivity contribution in [3.05, 3.63) is 52.5 Å². The molecule has 3 N–H and O–H groups in total. The summed E-state index contributed by atoms with van der Waals surface area (Å²) >= 11 is 3.34. The third-order valence-electron chi connectivity index (χ3n) is 2.30. The Morgan fingerprint density at radius 1 is 1.12 bits per heavy atom. The molecule has 2 aromatic carbocycles. The maximum Gasteiger partial charge on any atom is 0.120 e. The number of phenolic OH excluding ortho intramolecular Hbond substituents is 1. The third-order valence-corrected chi connectivity index (χ3v) is 3.02. The van der Waals surface area contributed by atoms with Gasteiger partial charge in [0.25, 0.3) is 0 Å². The van der Waals surface area contributed by atoms with E-state index < -0.39 is 0 Å². The summed E-state index contributed by atoms with van der Waals surface area (Å²) in [5.41, 5.74) is 7.46. The minimum atomic E-state index is 0.227. The average Bonchev–Trinajstić information content (AvgIpc) is 2.33. The number of anilines is 1. The van der Waals surface area contributed by atoms with E-state index in [1.165, 1.54) is 0 Å². The molecule has 0 radical (unpaired) electrons. The summed E-state index contributed by atoms with van der Waals surface area (Å²) in [6.45, 7) is 0.447. The Bertz CT molecular complexity index is 511. The Balaban J connectivity index is 2.02. The van der Waals surface area contributed by atoms with E-state index in [0.717, 1.165) is 10.0 Å². The predicted octanol–water partition coefficient (Wildman–Crippen LogP) is 3.32. The van der Waals surface area contributed by atoms with Gasteiger partial charge in [0, 0.05) is 10.2 Å². The van der Waals surface area contributed by atoms with Crippen molar-refractivity contribution in [1.82, 2.24) is 0 Å². The summed E-state index contributed by atoms with van der Waals surface area (Å²) in [7, 11) is 0. The van der Waals surface area contributed by atoms with Crippen LogP contribution in [0, 0.1) is 0 Å². The second kappa shape index (κ2) is 5.10. The van der Waals surface area contributed by atoms with Crippen LogP contribution in [0.4, 0.5) is 5.69 Å². The van der Waals surface area contributed by atoms with Crippen LogP contribution in [0.25, 0.3) is 0 Å². The molecular formula is C13H12BrNO2. The van der Waals surface area contributed by atoms with Gasteiger partial charge in [0.15, 0.2) is 0 Å². The number of benzene rings is 2. The second-order valence-corrected chi connectivity index (χ2v) is 4.49. The molecule has 0 bridgehead atoms. The fourth-order valence-electron chi connectivity index (χ4n) is 1.39. The van der Waals surface area contributed by atoms with Crippen LogP contribution in [-0.4, -0.2) is 5.11 Å². The quantitative estimate of drug-likeness (QED) is 0.854. The van der Waals surface area contributed by atoms with Crippen molar-refractivity contribution in [2.75, 3.05) is 5.73 Å². The van der Waals surface area contributed by atoms with E-state index in [2.05, 4.69) is 15.9 Å². The highest BCUT2D eigenvalue weighted by molar-refractivity contribution is 9.10. The summed E-state index contributed by atoms with van der Waals surface area (Å²) in [4.78, 5) is 0. The van der Waals surface area contributed by atoms with Gasteiger partial charge in [-0.1, -0.05) is 6.07 Å². The van der Waals surface area contributed by atoms with Gasteiger partial charge in [-0.3, -0.25) is 0 Å². The molecule has 0 fully saturated rings. The number of hydrogen-bond donors (Lipinski definition) is 2. The van der Waals surface area contributed by atoms with Gasteiger partial charge in [-0.25, -0.2) is 0 Å². The summed E-state index contributed by atoms with van der Waals surface area (Å²) in [6, 6.07) is 12.3. The first kappa shape index (κ1) is 11.8. The molecule has 0 aliphatic rings. The van der Waals surface area contributed by atoms with Crippen molar-refractivity contribution in [2.45, 2.75) is 6.61 Å². The van der Waals surface area contributed by atoms with Gasteiger partial charge < -0.3 is 15.6 Å². The molecule has 0 amide bonds. The van der Waals surface area contributed by atoms with Gasteiger partial charge in [0.1, 0.15) is 18.1 Å². The van der Waals surface area contributed by atoms with E-state index in [-0.39, 0.29) is 5.75 Å². The van der Waals surface area contributed by atoms with Crippen LogP contribution < -0.4 is 10.5 Å². The predicted molar refractivity (Wildman–Crippen MR) is 71.0 cm³/mol. The molecule has 0 aromatic heterocycles. The van der Waals surface area contributed by atoms with Crippen molar-refractivity contribution in [3.63, 3.8) is 0 Å². The van der Waals surface area contributed by atoms with Crippen molar-refractivity contribution < 1.29 is 9.84 Å². The number of nitrogen functional groups attached to an aromatic ring is 1. The molecule has 0 aliphatic heterocycles. The van der Waals surface area contributed by atoms with Crippen LogP contribution in [0.1, 0.15) is 5.56 Å². The fourth-order valence-corrected chi connectivity index (χ4v) is 1.64. The van der Waals surface area contributed by atoms with Crippen LogP contribution in [0.5, 0.6) is 11.5 Å². The van der Waals surface area contributed by atoms with Gasteiger partial charge in [0.2, 0.25) is 0 Å². The Kier molecular flexibility index (Phi) is 3.54. The normalized spacial score (nSPS) is 10.2. The van der Waals surface area contributed by atoms with Gasteiger partial charge >= 0.3 is 0 Å². The van der Waals surface area contributed by atoms with Crippen molar-refractivity contribution >= 4 is 21.6 Å². The standard InChI is InChI=1S/C13H12BrNO2/c14-12-6-1-9(7-13(12)15)8-17-11-4-2-10(16)3-5-11/h1-7,16H,8,15H2. The number of rotatable bonds is 3. The lowest BCUT2D eigenvalue weighted by molar-refractivity contribution is 0.305. The van der Waals surface area contributed by atoms with Crippen molar-refractivity contribution in [1.29, 1.82) is 0 Å². The van der Waals surface area contributed by atoms with Crippen LogP contribution in [0.3, 0.4) is 0 Å². The maximum atomic E-state index is 9.13. The van der Waals surface area contributed by atoms with Crippen LogP contribution in [0.15, 0.2) is 46.9 Å². The molecule has 0 spiro atoms. The largest absolute Gasteiger partial charge is 0.508 e. The molecule has 0 unspecified atom stereocenters. The highest BCUT2D eigenvalue weighted by Gasteiger charge is 1.99. The zero-order valence-corrected chi connectivity index (χ0v) is 10.6. The molecule has 0 saturated heterocycles. The minimum Gasteiger partial charge on any atom is -0.508 e. The smallest absolute Gasteiger partial charge is 0.120 e. The molecule has 4 heteroatoms. The topological polar surface area (TPSA) is 55.5 Å². The Morgan fingerprint density at radius 3 is 2.47 bits per heavy atom. The van der Waals surface area contributed by atoms with E-state index in [4.69, 9.17) is 15.6 Å². The summed E-state index contributed by atoms with van der Waals surface area (Å²) in [6.07, 6.45) is 0. The number of phenols is 1. The van der Waals surface area contributed by atoms with E-state index in [0.29, 0.717) is 18.0 Å². The van der Waals surface area contributed by atoms with E-state index in [1.807, 2.05) is 18.2 Å². The molecule has 0 atom stereocenters. The number of nitrogens with two attached hydrogens (primary N) is 1. The molecule has 2 rings (SSSR count). The summed E-state index contributed by atoms with van der Waals surface area (Å²) in [5, 5.41) is 9.13. The van der Waals surface area contributed by atoms with Gasteiger partial charge in [-0.05, 0) is 57.9 Å². The van der Waals surface area contributed by atoms with E-state index in [1.54, 1.807) is 24.3 Å². The lowest BCUT2D eigenvalue weighted by atomic mass is 10.2. The highest BCUT2D eigenvalue weighted by atomic mass is 79.9. The first-order valence-corrected chi connectivity index (χ1v) is 5.90. The number of ether oxygens (including phenoxy) is 1. The summed E-state index contributed by atoms with van der Waals surface area (Å²) < 4.78 is 6.44. The average molecular weight is 294 g/mol. The minimum absolute atomic E-state index is 0.227. The number of hydrogen-bond acceptors (Lipinski definition) is 3. The van der Waals surface area contributed by atoms with Gasteiger partial charge in [-0.2, -0.15) is 0 Å². The molecule has 0 aliphatic carbocycles. The SMILES string of the molecule is Nc1cc(COc2ccc(O)cc2)ccc1Br. The molecule has 0 heterocycles. The first-order chi connectivity index (χ1) is 8.15. The molecule has 2 aromatic rings. The lowest BCUT2D eigenvalue weighted by Gasteiger charge is -2.07. The van der Waals surface area contributed by atoms with Crippen LogP contribution in [0.2, 0.25) is 0 Å². The van der Waals surface area contributed by atoms with Gasteiger partial charge in [-0.15, -0.1) is 0 Å². The van der Waals surface area contributed by atoms with Crippen molar-refractivity contribution in [3.8, 4) is 11.5 Å². The lowest BCUT2D eigenvalue weighted by Crippen LogP contribution is -1.97. The fraction of sp³-hybridized carbons (Fsp3) is 0.0769. The molecule has 3 nitrogen and oxygen atoms in total. The molecule has 17 heavy (non-hydrogen) atoms. The molecular weight excluding hydrogens is 282 g/mol. The Hall–Kier alpha value is -1.68. The summed E-state index contributed by atoms with van der Waals surface area (Å²) in [5.74, 6) is 0.939. The monoisotopic (exact) mass is 293 g/mol. The zero-order chi connectivity index (χ0) is 12.3. The van der Waals surface area contributed by atoms with E-state index >= 15 is 0 Å².